The van der Waals surface area contributed by atoms with Crippen molar-refractivity contribution in [1.29, 1.82) is 0 Å². The highest BCUT2D eigenvalue weighted by molar-refractivity contribution is 6.21. The molecule has 2 aliphatic rings. The zero-order valence-corrected chi connectivity index (χ0v) is 14.7. The number of carbonyl (C=O) groups is 4. The third-order valence-corrected chi connectivity index (χ3v) is 6.41. The lowest BCUT2D eigenvalue weighted by Gasteiger charge is -2.45. The van der Waals surface area contributed by atoms with E-state index in [1.54, 1.807) is 38.1 Å². The normalized spacial score (nSPS) is 23.2. The van der Waals surface area contributed by atoms with E-state index in [-0.39, 0.29) is 36.8 Å². The first kappa shape index (κ1) is 18.1. The highest BCUT2D eigenvalue weighted by Gasteiger charge is 2.69. The van der Waals surface area contributed by atoms with Crippen LogP contribution in [-0.2, 0) is 9.59 Å². The Balaban J connectivity index is 2.15. The second-order valence-electron chi connectivity index (χ2n) is 6.96. The van der Waals surface area contributed by atoms with E-state index in [0.717, 1.165) is 4.90 Å². The van der Waals surface area contributed by atoms with Crippen LogP contribution in [0.2, 0.25) is 0 Å². The summed E-state index contributed by atoms with van der Waals surface area (Å²) in [6.45, 7) is 3.45. The van der Waals surface area contributed by atoms with E-state index < -0.39 is 40.6 Å². The van der Waals surface area contributed by atoms with Gasteiger partial charge in [0.1, 0.15) is 0 Å². The number of carbonyl (C=O) groups excluding carboxylic acids is 2. The minimum absolute atomic E-state index is 0.114. The van der Waals surface area contributed by atoms with Crippen molar-refractivity contribution in [1.82, 2.24) is 4.90 Å². The van der Waals surface area contributed by atoms with Crippen LogP contribution in [0.15, 0.2) is 24.3 Å². The quantitative estimate of drug-likeness (QED) is 0.617. The largest absolute Gasteiger partial charge is 0.480 e. The molecule has 0 bridgehead atoms. The van der Waals surface area contributed by atoms with Gasteiger partial charge >= 0.3 is 11.9 Å². The van der Waals surface area contributed by atoms with Gasteiger partial charge in [0, 0.05) is 11.5 Å². The number of hydrogen-bond acceptors (Lipinski definition) is 4. The Hall–Kier alpha value is -2.70. The highest BCUT2D eigenvalue weighted by Crippen LogP contribution is 2.59. The van der Waals surface area contributed by atoms with Gasteiger partial charge in [0.05, 0.1) is 11.1 Å². The Kier molecular flexibility index (Phi) is 4.13. The Morgan fingerprint density at radius 2 is 1.50 bits per heavy atom. The monoisotopic (exact) mass is 359 g/mol. The van der Waals surface area contributed by atoms with Crippen LogP contribution < -0.4 is 0 Å². The van der Waals surface area contributed by atoms with E-state index >= 15 is 0 Å². The molecule has 7 heteroatoms. The SMILES string of the molecule is CCC1(CC)C(N2C(=O)c3ccccc3C2=O)CCC1(C(=O)O)C(=O)O. The molecule has 7 nitrogen and oxygen atoms in total. The van der Waals surface area contributed by atoms with Crippen molar-refractivity contribution >= 4 is 23.8 Å². The molecule has 1 aliphatic heterocycles. The maximum absolute atomic E-state index is 12.9. The highest BCUT2D eigenvalue weighted by atomic mass is 16.4. The number of carboxylic acid groups (broad SMARTS) is 2. The number of rotatable bonds is 5. The van der Waals surface area contributed by atoms with Crippen molar-refractivity contribution < 1.29 is 29.4 Å². The minimum Gasteiger partial charge on any atom is -0.480 e. The number of imide groups is 1. The molecule has 2 N–H and O–H groups in total. The van der Waals surface area contributed by atoms with Gasteiger partial charge in [0.25, 0.3) is 11.8 Å². The summed E-state index contributed by atoms with van der Waals surface area (Å²) in [6.07, 6.45) is 0.517. The van der Waals surface area contributed by atoms with Crippen LogP contribution in [-0.4, -0.2) is 44.9 Å². The van der Waals surface area contributed by atoms with E-state index in [4.69, 9.17) is 0 Å². The van der Waals surface area contributed by atoms with Crippen molar-refractivity contribution in [2.75, 3.05) is 0 Å². The van der Waals surface area contributed by atoms with Gasteiger partial charge in [-0.05, 0) is 37.8 Å². The second kappa shape index (κ2) is 5.93. The number of aliphatic carboxylic acids is 2. The van der Waals surface area contributed by atoms with Crippen molar-refractivity contribution in [2.24, 2.45) is 10.8 Å². The van der Waals surface area contributed by atoms with Gasteiger partial charge in [-0.15, -0.1) is 0 Å². The van der Waals surface area contributed by atoms with Crippen LogP contribution in [0.5, 0.6) is 0 Å². The smallest absolute Gasteiger partial charge is 0.321 e. The van der Waals surface area contributed by atoms with Crippen molar-refractivity contribution in [3.8, 4) is 0 Å². The molecule has 1 fully saturated rings. The Bertz CT molecular complexity index is 761. The standard InChI is InChI=1S/C19H21NO6/c1-3-18(4-2)13(9-10-19(18,16(23)24)17(25)26)20-14(21)11-7-5-6-8-12(11)15(20)22/h5-8,13H,3-4,9-10H2,1-2H3,(H,23,24)(H,25,26). The fourth-order valence-corrected chi connectivity index (χ4v) is 5.09. The van der Waals surface area contributed by atoms with Gasteiger partial charge in [-0.25, -0.2) is 0 Å². The number of amides is 2. The first-order chi connectivity index (χ1) is 12.3. The Morgan fingerprint density at radius 1 is 1.04 bits per heavy atom. The Labute approximate surface area is 150 Å². The average molecular weight is 359 g/mol. The molecular formula is C19H21NO6. The van der Waals surface area contributed by atoms with Gasteiger partial charge in [0.2, 0.25) is 0 Å². The van der Waals surface area contributed by atoms with Crippen LogP contribution in [0, 0.1) is 10.8 Å². The molecule has 0 aromatic heterocycles. The van der Waals surface area contributed by atoms with Gasteiger partial charge in [-0.2, -0.15) is 0 Å². The summed E-state index contributed by atoms with van der Waals surface area (Å²) in [5.41, 5.74) is -2.68. The topological polar surface area (TPSA) is 112 Å². The van der Waals surface area contributed by atoms with Gasteiger partial charge in [0.15, 0.2) is 5.41 Å². The van der Waals surface area contributed by atoms with E-state index in [1.165, 1.54) is 0 Å². The van der Waals surface area contributed by atoms with Crippen molar-refractivity contribution in [3.05, 3.63) is 35.4 Å². The van der Waals surface area contributed by atoms with Gasteiger partial charge in [-0.1, -0.05) is 26.0 Å². The summed E-state index contributed by atoms with van der Waals surface area (Å²) in [5.74, 6) is -3.78. The van der Waals surface area contributed by atoms with Crippen LogP contribution in [0.3, 0.4) is 0 Å². The summed E-state index contributed by atoms with van der Waals surface area (Å²) in [5, 5.41) is 19.7. The van der Waals surface area contributed by atoms with Crippen molar-refractivity contribution in [3.63, 3.8) is 0 Å². The molecule has 1 atom stereocenters. The average Bonchev–Trinajstić information content (AvgIpc) is 3.09. The molecular weight excluding hydrogens is 338 g/mol. The predicted octanol–water partition coefficient (Wildman–Crippen LogP) is 2.41. The molecule has 0 radical (unpaired) electrons. The van der Waals surface area contributed by atoms with Crippen LogP contribution in [0.1, 0.15) is 60.2 Å². The summed E-state index contributed by atoms with van der Waals surface area (Å²) in [4.78, 5) is 51.0. The molecule has 3 rings (SSSR count). The first-order valence-corrected chi connectivity index (χ1v) is 8.72. The van der Waals surface area contributed by atoms with Crippen LogP contribution >= 0.6 is 0 Å². The Morgan fingerprint density at radius 3 is 1.88 bits per heavy atom. The minimum atomic E-state index is -2.02. The lowest BCUT2D eigenvalue weighted by atomic mass is 9.60. The maximum Gasteiger partial charge on any atom is 0.321 e. The van der Waals surface area contributed by atoms with E-state index in [0.29, 0.717) is 0 Å². The fraction of sp³-hybridized carbons (Fsp3) is 0.474. The zero-order chi connectivity index (χ0) is 19.3. The predicted molar refractivity (Wildman–Crippen MR) is 90.7 cm³/mol. The molecule has 1 unspecified atom stereocenters. The number of nitrogens with zero attached hydrogens (tertiary/aromatic N) is 1. The van der Waals surface area contributed by atoms with Gasteiger partial charge < -0.3 is 10.2 Å². The third kappa shape index (κ3) is 1.94. The molecule has 2 amide bonds. The summed E-state index contributed by atoms with van der Waals surface area (Å²) in [7, 11) is 0. The number of carboxylic acids is 2. The van der Waals surface area contributed by atoms with E-state index in [2.05, 4.69) is 0 Å². The molecule has 1 aromatic rings. The summed E-state index contributed by atoms with van der Waals surface area (Å²) in [6, 6.07) is 5.68. The van der Waals surface area contributed by atoms with Crippen LogP contribution in [0.4, 0.5) is 0 Å². The van der Waals surface area contributed by atoms with Crippen molar-refractivity contribution in [2.45, 2.75) is 45.6 Å². The third-order valence-electron chi connectivity index (χ3n) is 6.41. The zero-order valence-electron chi connectivity index (χ0n) is 14.7. The van der Waals surface area contributed by atoms with E-state index in [9.17, 15) is 29.4 Å². The lowest BCUT2D eigenvalue weighted by molar-refractivity contribution is -0.176. The molecule has 1 aliphatic carbocycles. The fourth-order valence-electron chi connectivity index (χ4n) is 5.09. The maximum atomic E-state index is 12.9. The number of benzene rings is 1. The molecule has 0 saturated heterocycles. The lowest BCUT2D eigenvalue weighted by Crippen LogP contribution is -2.57. The first-order valence-electron chi connectivity index (χ1n) is 8.72. The number of hydrogen-bond donors (Lipinski definition) is 2. The molecule has 1 saturated carbocycles. The van der Waals surface area contributed by atoms with Crippen LogP contribution in [0.25, 0.3) is 0 Å². The molecule has 138 valence electrons. The molecule has 26 heavy (non-hydrogen) atoms. The van der Waals surface area contributed by atoms with E-state index in [1.807, 2.05) is 0 Å². The second-order valence-corrected chi connectivity index (χ2v) is 6.96. The molecule has 1 heterocycles. The molecule has 1 aromatic carbocycles. The summed E-state index contributed by atoms with van der Waals surface area (Å²) < 4.78 is 0. The molecule has 0 spiro atoms. The van der Waals surface area contributed by atoms with Gasteiger partial charge in [-0.3, -0.25) is 24.1 Å². The summed E-state index contributed by atoms with van der Waals surface area (Å²) >= 11 is 0. The number of fused-ring (bicyclic) bond motifs is 1.